The van der Waals surface area contributed by atoms with Crippen LogP contribution >= 0.6 is 0 Å². The van der Waals surface area contributed by atoms with Crippen LogP contribution in [0.1, 0.15) is 65.2 Å². The zero-order valence-corrected chi connectivity index (χ0v) is 12.1. The average Bonchev–Trinajstić information content (AvgIpc) is 2.38. The first-order valence-electron chi connectivity index (χ1n) is 7.94. The second-order valence-electron chi connectivity index (χ2n) is 6.74. The van der Waals surface area contributed by atoms with Gasteiger partial charge in [0.2, 0.25) is 0 Å². The van der Waals surface area contributed by atoms with Crippen molar-refractivity contribution in [2.45, 2.75) is 77.4 Å². The molecule has 0 amide bonds. The van der Waals surface area contributed by atoms with E-state index in [1.165, 1.54) is 51.4 Å². The van der Waals surface area contributed by atoms with Crippen LogP contribution in [0.5, 0.6) is 0 Å². The lowest BCUT2D eigenvalue weighted by Crippen LogP contribution is -2.29. The largest absolute Gasteiger partial charge is 0.391 e. The Morgan fingerprint density at radius 2 is 1.44 bits per heavy atom. The normalized spacial score (nSPS) is 39.5. The molecule has 1 atom stereocenters. The molecule has 106 valence electrons. The molecule has 2 nitrogen and oxygen atoms in total. The summed E-state index contributed by atoms with van der Waals surface area (Å²) < 4.78 is 5.75. The molecule has 2 rings (SSSR count). The molecule has 0 spiro atoms. The molecule has 18 heavy (non-hydrogen) atoms. The molecule has 0 aromatic heterocycles. The smallest absolute Gasteiger partial charge is 0.0745 e. The maximum absolute atomic E-state index is 9.24. The Hall–Kier alpha value is -0.0800. The van der Waals surface area contributed by atoms with Crippen LogP contribution in [-0.4, -0.2) is 23.9 Å². The van der Waals surface area contributed by atoms with Gasteiger partial charge in [-0.05, 0) is 63.2 Å². The second kappa shape index (κ2) is 6.91. The van der Waals surface area contributed by atoms with Crippen LogP contribution in [-0.2, 0) is 4.74 Å². The Morgan fingerprint density at radius 1 is 0.944 bits per heavy atom. The lowest BCUT2D eigenvalue weighted by Gasteiger charge is -2.37. The molecule has 2 saturated carbocycles. The Bertz CT molecular complexity index is 223. The summed E-state index contributed by atoms with van der Waals surface area (Å²) in [5, 5.41) is 9.24. The molecule has 1 N–H and O–H groups in total. The maximum atomic E-state index is 9.24. The summed E-state index contributed by atoms with van der Waals surface area (Å²) in [7, 11) is 0. The van der Waals surface area contributed by atoms with Crippen molar-refractivity contribution in [3.8, 4) is 0 Å². The van der Waals surface area contributed by atoms with E-state index in [4.69, 9.17) is 4.74 Å². The lowest BCUT2D eigenvalue weighted by atomic mass is 9.71. The van der Waals surface area contributed by atoms with Crippen LogP contribution in [0.4, 0.5) is 0 Å². The van der Waals surface area contributed by atoms with Gasteiger partial charge in [0.25, 0.3) is 0 Å². The van der Waals surface area contributed by atoms with E-state index in [2.05, 4.69) is 6.92 Å². The molecular weight excluding hydrogens is 224 g/mol. The van der Waals surface area contributed by atoms with Crippen LogP contribution in [0.15, 0.2) is 0 Å². The van der Waals surface area contributed by atoms with Gasteiger partial charge < -0.3 is 9.84 Å². The average molecular weight is 254 g/mol. The second-order valence-corrected chi connectivity index (χ2v) is 6.74. The topological polar surface area (TPSA) is 29.5 Å². The molecule has 0 heterocycles. The molecule has 1 unspecified atom stereocenters. The van der Waals surface area contributed by atoms with Crippen molar-refractivity contribution in [2.75, 3.05) is 6.61 Å². The Kier molecular flexibility index (Phi) is 5.50. The lowest BCUT2D eigenvalue weighted by molar-refractivity contribution is -0.0298. The number of rotatable bonds is 4. The van der Waals surface area contributed by atoms with Crippen LogP contribution < -0.4 is 0 Å². The monoisotopic (exact) mass is 254 g/mol. The van der Waals surface area contributed by atoms with E-state index >= 15 is 0 Å². The highest BCUT2D eigenvalue weighted by molar-refractivity contribution is 4.81. The zero-order valence-electron chi connectivity index (χ0n) is 12.1. The number of hydrogen-bond donors (Lipinski definition) is 1. The summed E-state index contributed by atoms with van der Waals surface area (Å²) >= 11 is 0. The van der Waals surface area contributed by atoms with E-state index < -0.39 is 0 Å². The van der Waals surface area contributed by atoms with E-state index in [1.54, 1.807) is 6.92 Å². The van der Waals surface area contributed by atoms with Gasteiger partial charge >= 0.3 is 0 Å². The molecule has 0 radical (unpaired) electrons. The minimum atomic E-state index is -0.317. The molecule has 2 heteroatoms. The molecule has 0 aliphatic heterocycles. The Labute approximate surface area is 112 Å². The summed E-state index contributed by atoms with van der Waals surface area (Å²) in [6, 6.07) is 0. The van der Waals surface area contributed by atoms with E-state index in [0.29, 0.717) is 12.7 Å². The highest BCUT2D eigenvalue weighted by Gasteiger charge is 2.30. The molecule has 2 aliphatic rings. The first-order valence-corrected chi connectivity index (χ1v) is 7.94. The van der Waals surface area contributed by atoms with E-state index in [9.17, 15) is 5.11 Å². The summed E-state index contributed by atoms with van der Waals surface area (Å²) in [5.41, 5.74) is 0. The van der Waals surface area contributed by atoms with Crippen molar-refractivity contribution >= 4 is 0 Å². The van der Waals surface area contributed by atoms with Gasteiger partial charge in [-0.3, -0.25) is 0 Å². The third kappa shape index (κ3) is 4.24. The van der Waals surface area contributed by atoms with Gasteiger partial charge in [0.05, 0.1) is 18.8 Å². The van der Waals surface area contributed by atoms with Gasteiger partial charge in [-0.25, -0.2) is 0 Å². The van der Waals surface area contributed by atoms with Crippen molar-refractivity contribution in [1.82, 2.24) is 0 Å². The number of aliphatic hydroxyl groups is 1. The van der Waals surface area contributed by atoms with Crippen molar-refractivity contribution in [3.05, 3.63) is 0 Å². The van der Waals surface area contributed by atoms with Gasteiger partial charge in [0.1, 0.15) is 0 Å². The molecule has 2 fully saturated rings. The van der Waals surface area contributed by atoms with Gasteiger partial charge in [0, 0.05) is 0 Å². The van der Waals surface area contributed by atoms with E-state index in [-0.39, 0.29) is 6.10 Å². The summed E-state index contributed by atoms with van der Waals surface area (Å²) in [6.07, 6.45) is 11.0. The van der Waals surface area contributed by atoms with Crippen molar-refractivity contribution in [1.29, 1.82) is 0 Å². The molecule has 0 aromatic rings. The maximum Gasteiger partial charge on any atom is 0.0745 e. The SMILES string of the molecule is CC(O)COC1CCC(C2CCC(C)CC2)CC1. The van der Waals surface area contributed by atoms with Crippen LogP contribution in [0.25, 0.3) is 0 Å². The van der Waals surface area contributed by atoms with Gasteiger partial charge in [-0.15, -0.1) is 0 Å². The van der Waals surface area contributed by atoms with Gasteiger partial charge in [-0.1, -0.05) is 19.8 Å². The molecule has 2 aliphatic carbocycles. The predicted molar refractivity (Wildman–Crippen MR) is 74.5 cm³/mol. The molecule has 0 aromatic carbocycles. The summed E-state index contributed by atoms with van der Waals surface area (Å²) in [5.74, 6) is 2.93. The highest BCUT2D eigenvalue weighted by Crippen LogP contribution is 2.40. The molecular formula is C16H30O2. The van der Waals surface area contributed by atoms with Gasteiger partial charge in [0.15, 0.2) is 0 Å². The van der Waals surface area contributed by atoms with Crippen molar-refractivity contribution in [3.63, 3.8) is 0 Å². The molecule has 0 saturated heterocycles. The first-order chi connectivity index (χ1) is 8.65. The fourth-order valence-electron chi connectivity index (χ4n) is 3.76. The van der Waals surface area contributed by atoms with Gasteiger partial charge in [-0.2, -0.15) is 0 Å². The number of aliphatic hydroxyl groups excluding tert-OH is 1. The van der Waals surface area contributed by atoms with Crippen molar-refractivity contribution < 1.29 is 9.84 Å². The third-order valence-corrected chi connectivity index (χ3v) is 5.02. The Balaban J connectivity index is 1.67. The quantitative estimate of drug-likeness (QED) is 0.827. The predicted octanol–water partition coefficient (Wildman–Crippen LogP) is 3.77. The van der Waals surface area contributed by atoms with Crippen molar-refractivity contribution in [2.24, 2.45) is 17.8 Å². The number of hydrogen-bond acceptors (Lipinski definition) is 2. The molecule has 0 bridgehead atoms. The van der Waals surface area contributed by atoms with E-state index in [0.717, 1.165) is 17.8 Å². The fraction of sp³-hybridized carbons (Fsp3) is 1.00. The summed E-state index contributed by atoms with van der Waals surface area (Å²) in [4.78, 5) is 0. The Morgan fingerprint density at radius 3 is 1.94 bits per heavy atom. The fourth-order valence-corrected chi connectivity index (χ4v) is 3.76. The van der Waals surface area contributed by atoms with Crippen LogP contribution in [0.2, 0.25) is 0 Å². The zero-order chi connectivity index (χ0) is 13.0. The minimum Gasteiger partial charge on any atom is -0.391 e. The third-order valence-electron chi connectivity index (χ3n) is 5.02. The minimum absolute atomic E-state index is 0.317. The number of ether oxygens (including phenoxy) is 1. The van der Waals surface area contributed by atoms with E-state index in [1.807, 2.05) is 0 Å². The first kappa shape index (κ1) is 14.3. The standard InChI is InChI=1S/C16H30O2/c1-12-3-5-14(6-4-12)15-7-9-16(10-8-15)18-11-13(2)17/h12-17H,3-11H2,1-2H3. The van der Waals surface area contributed by atoms with Crippen LogP contribution in [0, 0.1) is 17.8 Å². The highest BCUT2D eigenvalue weighted by atomic mass is 16.5. The van der Waals surface area contributed by atoms with Crippen LogP contribution in [0.3, 0.4) is 0 Å². The summed E-state index contributed by atoms with van der Waals surface area (Å²) in [6.45, 7) is 4.71.